The molecule has 2 aliphatic heterocycles. The minimum Gasteiger partial charge on any atom is -0.431 e. The third-order valence-corrected chi connectivity index (χ3v) is 6.77. The summed E-state index contributed by atoms with van der Waals surface area (Å²) >= 11 is 0. The summed E-state index contributed by atoms with van der Waals surface area (Å²) in [6, 6.07) is 11.6. The maximum absolute atomic E-state index is 13.7. The van der Waals surface area contributed by atoms with Crippen LogP contribution in [0.25, 0.3) is 21.9 Å². The summed E-state index contributed by atoms with van der Waals surface area (Å²) in [4.78, 5) is 26.6. The molecule has 0 spiro atoms. The quantitative estimate of drug-likeness (QED) is 0.544. The summed E-state index contributed by atoms with van der Waals surface area (Å²) in [6.45, 7) is 8.35. The second-order valence-corrected chi connectivity index (χ2v) is 9.92. The summed E-state index contributed by atoms with van der Waals surface area (Å²) in [7, 11) is 1.66. The Bertz CT molecular complexity index is 1460. The number of aromatic nitrogens is 1. The van der Waals surface area contributed by atoms with Crippen LogP contribution in [0.15, 0.2) is 51.5 Å². The average molecular weight is 491 g/mol. The topological polar surface area (TPSA) is 106 Å². The lowest BCUT2D eigenvalue weighted by molar-refractivity contribution is -0.161. The smallest absolute Gasteiger partial charge is 0.344 e. The van der Waals surface area contributed by atoms with Crippen molar-refractivity contribution in [3.05, 3.63) is 69.1 Å². The van der Waals surface area contributed by atoms with E-state index in [0.717, 1.165) is 33.2 Å². The highest BCUT2D eigenvalue weighted by Gasteiger charge is 2.44. The van der Waals surface area contributed by atoms with Crippen molar-refractivity contribution in [1.29, 1.82) is 0 Å². The molecule has 5 rings (SSSR count). The summed E-state index contributed by atoms with van der Waals surface area (Å²) in [5.41, 5.74) is 4.92. The molecule has 0 bridgehead atoms. The number of hydrogen-bond acceptors (Lipinski definition) is 8. The molecule has 3 heterocycles. The Morgan fingerprint density at radius 2 is 1.89 bits per heavy atom. The van der Waals surface area contributed by atoms with Crippen LogP contribution < -0.4 is 5.56 Å². The van der Waals surface area contributed by atoms with E-state index in [2.05, 4.69) is 16.4 Å². The molecule has 36 heavy (non-hydrogen) atoms. The van der Waals surface area contributed by atoms with Gasteiger partial charge in [-0.05, 0) is 42.0 Å². The van der Waals surface area contributed by atoms with Gasteiger partial charge in [-0.2, -0.15) is 5.11 Å². The maximum Gasteiger partial charge on any atom is 0.344 e. The zero-order valence-corrected chi connectivity index (χ0v) is 21.1. The molecule has 1 aromatic heterocycles. The van der Waals surface area contributed by atoms with E-state index in [1.54, 1.807) is 25.9 Å². The molecule has 1 saturated heterocycles. The van der Waals surface area contributed by atoms with Crippen molar-refractivity contribution in [3.8, 4) is 11.1 Å². The molecule has 9 heteroatoms. The number of benzene rings is 2. The molecule has 3 aromatic rings. The van der Waals surface area contributed by atoms with Crippen molar-refractivity contribution in [3.63, 3.8) is 0 Å². The molecule has 9 nitrogen and oxygen atoms in total. The number of esters is 1. The number of carbonyl (C=O) groups excluding carboxylic acids is 1. The van der Waals surface area contributed by atoms with Crippen LogP contribution in [-0.2, 0) is 21.3 Å². The van der Waals surface area contributed by atoms with Gasteiger partial charge in [0.25, 0.3) is 5.56 Å². The van der Waals surface area contributed by atoms with Gasteiger partial charge in [0, 0.05) is 31.8 Å². The number of hydrogen-bond donors (Lipinski definition) is 1. The van der Waals surface area contributed by atoms with Crippen molar-refractivity contribution in [2.24, 2.45) is 17.4 Å². The van der Waals surface area contributed by atoms with E-state index in [0.29, 0.717) is 24.2 Å². The number of aliphatic hydroxyl groups excluding tert-OH is 1. The van der Waals surface area contributed by atoms with Gasteiger partial charge in [0.05, 0.1) is 25.4 Å². The Morgan fingerprint density at radius 1 is 1.11 bits per heavy atom. The molecule has 0 saturated carbocycles. The van der Waals surface area contributed by atoms with Crippen LogP contribution in [0.4, 0.5) is 0 Å². The van der Waals surface area contributed by atoms with Gasteiger partial charge in [0.1, 0.15) is 6.04 Å². The van der Waals surface area contributed by atoms with Crippen molar-refractivity contribution < 1.29 is 19.4 Å². The zero-order valence-electron chi connectivity index (χ0n) is 21.1. The van der Waals surface area contributed by atoms with Crippen molar-refractivity contribution >= 4 is 16.7 Å². The Balaban J connectivity index is 1.75. The molecule has 1 fully saturated rings. The van der Waals surface area contributed by atoms with Crippen molar-refractivity contribution in [1.82, 2.24) is 9.58 Å². The Morgan fingerprint density at radius 3 is 2.56 bits per heavy atom. The molecule has 1 N–H and O–H groups in total. The molecule has 2 unspecified atom stereocenters. The van der Waals surface area contributed by atoms with E-state index in [1.165, 1.54) is 4.57 Å². The van der Waals surface area contributed by atoms with Gasteiger partial charge >= 0.3 is 5.97 Å². The standard InChI is InChI=1S/C27H30N4O5/c1-15-6-8-18(16(2)12-15)22-19-9-7-17(21-14-31(10-11-32)29-28-21)13-20(19)25(33)30(5)23(22)24-26(34)36-27(3,4)35-24/h6-9,12-13,21,24,32H,10-11,14H2,1-5H3. The van der Waals surface area contributed by atoms with Crippen LogP contribution in [0, 0.1) is 13.8 Å². The van der Waals surface area contributed by atoms with Crippen molar-refractivity contribution in [2.45, 2.75) is 45.6 Å². The van der Waals surface area contributed by atoms with E-state index < -0.39 is 17.9 Å². The van der Waals surface area contributed by atoms with Gasteiger partial charge in [-0.25, -0.2) is 4.79 Å². The van der Waals surface area contributed by atoms with E-state index in [9.17, 15) is 14.7 Å². The predicted molar refractivity (Wildman–Crippen MR) is 134 cm³/mol. The summed E-state index contributed by atoms with van der Waals surface area (Å²) < 4.78 is 13.0. The molecule has 2 aliphatic rings. The summed E-state index contributed by atoms with van der Waals surface area (Å²) in [6.07, 6.45) is -1.03. The van der Waals surface area contributed by atoms with E-state index in [4.69, 9.17) is 9.47 Å². The lowest BCUT2D eigenvalue weighted by atomic mass is 9.90. The predicted octanol–water partition coefficient (Wildman–Crippen LogP) is 3.89. The highest BCUT2D eigenvalue weighted by Crippen LogP contribution is 2.42. The first kappa shape index (κ1) is 24.1. The SMILES string of the molecule is Cc1ccc(-c2c(C3OC(C)(C)OC3=O)n(C)c(=O)c3cc(C4CN(CCO)N=N4)ccc23)c(C)c1. The number of β-amino-alcohol motifs (C(OH)–C–C–N with tert-alkyl or cyclic N) is 1. The Hall–Kier alpha value is -3.56. The molecule has 188 valence electrons. The third-order valence-electron chi connectivity index (χ3n) is 6.77. The van der Waals surface area contributed by atoms with E-state index >= 15 is 0 Å². The first-order valence-electron chi connectivity index (χ1n) is 12.0. The van der Waals surface area contributed by atoms with Gasteiger partial charge in [-0.15, -0.1) is 0 Å². The average Bonchev–Trinajstić information content (AvgIpc) is 3.39. The van der Waals surface area contributed by atoms with E-state index in [1.807, 2.05) is 44.2 Å². The van der Waals surface area contributed by atoms with Gasteiger partial charge in [-0.1, -0.05) is 41.1 Å². The van der Waals surface area contributed by atoms with Crippen LogP contribution in [0.3, 0.4) is 0 Å². The van der Waals surface area contributed by atoms with Gasteiger partial charge in [-0.3, -0.25) is 9.80 Å². The molecule has 0 aliphatic carbocycles. The van der Waals surface area contributed by atoms with Crippen LogP contribution in [-0.4, -0.2) is 46.1 Å². The number of ether oxygens (including phenoxy) is 2. The van der Waals surface area contributed by atoms with Crippen LogP contribution in [0.5, 0.6) is 0 Å². The number of nitrogens with zero attached hydrogens (tertiary/aromatic N) is 4. The van der Waals surface area contributed by atoms with Crippen molar-refractivity contribution in [2.75, 3.05) is 19.7 Å². The normalized spacial score (nSPS) is 20.9. The number of fused-ring (bicyclic) bond motifs is 1. The highest BCUT2D eigenvalue weighted by atomic mass is 16.8. The zero-order chi connectivity index (χ0) is 25.8. The largest absolute Gasteiger partial charge is 0.431 e. The first-order chi connectivity index (χ1) is 17.1. The van der Waals surface area contributed by atoms with E-state index in [-0.39, 0.29) is 18.2 Å². The van der Waals surface area contributed by atoms with Gasteiger partial charge < -0.3 is 19.1 Å². The summed E-state index contributed by atoms with van der Waals surface area (Å²) in [5, 5.41) is 20.6. The fourth-order valence-corrected chi connectivity index (χ4v) is 5.09. The summed E-state index contributed by atoms with van der Waals surface area (Å²) in [5.74, 6) is -1.61. The van der Waals surface area contributed by atoms with Gasteiger partial charge in [0.2, 0.25) is 5.79 Å². The van der Waals surface area contributed by atoms with Crippen LogP contribution in [0.1, 0.15) is 48.4 Å². The second kappa shape index (κ2) is 8.83. The molecule has 0 radical (unpaired) electrons. The fourth-order valence-electron chi connectivity index (χ4n) is 5.09. The molecule has 0 amide bonds. The third kappa shape index (κ3) is 4.08. The number of aliphatic hydroxyl groups is 1. The number of carbonyl (C=O) groups is 1. The number of pyridine rings is 1. The number of rotatable bonds is 5. The van der Waals surface area contributed by atoms with Crippen LogP contribution in [0.2, 0.25) is 0 Å². The van der Waals surface area contributed by atoms with Gasteiger partial charge in [0.15, 0.2) is 6.10 Å². The Labute approximate surface area is 208 Å². The van der Waals surface area contributed by atoms with Crippen LogP contribution >= 0.6 is 0 Å². The molecule has 2 atom stereocenters. The fraction of sp³-hybridized carbons (Fsp3) is 0.407. The lowest BCUT2D eigenvalue weighted by Gasteiger charge is -2.22. The highest BCUT2D eigenvalue weighted by molar-refractivity contribution is 6.00. The first-order valence-corrected chi connectivity index (χ1v) is 12.0. The monoisotopic (exact) mass is 490 g/mol. The Kier molecular flexibility index (Phi) is 5.92. The molecular formula is C27H30N4O5. The number of aryl methyl sites for hydroxylation is 2. The molecule has 2 aromatic carbocycles. The minimum absolute atomic E-state index is 0.00544. The maximum atomic E-state index is 13.7. The lowest BCUT2D eigenvalue weighted by Crippen LogP contribution is -2.27. The molecular weight excluding hydrogens is 460 g/mol. The number of cyclic esters (lactones) is 1. The second-order valence-electron chi connectivity index (χ2n) is 9.92. The minimum atomic E-state index is -1.09.